The number of anilines is 1. The first-order valence-electron chi connectivity index (χ1n) is 6.08. The van der Waals surface area contributed by atoms with Crippen molar-refractivity contribution in [3.63, 3.8) is 0 Å². The van der Waals surface area contributed by atoms with E-state index in [1.54, 1.807) is 19.1 Å². The van der Waals surface area contributed by atoms with Gasteiger partial charge in [-0.2, -0.15) is 5.26 Å². The number of amides is 2. The van der Waals surface area contributed by atoms with Crippen LogP contribution in [0.2, 0.25) is 0 Å². The van der Waals surface area contributed by atoms with Crippen LogP contribution in [0.4, 0.5) is 5.69 Å². The second kappa shape index (κ2) is 7.06. The molecule has 20 heavy (non-hydrogen) atoms. The summed E-state index contributed by atoms with van der Waals surface area (Å²) in [5, 5.41) is 11.2. The number of nitrogens with one attached hydrogen (secondary N) is 1. The first kappa shape index (κ1) is 16.2. The monoisotopic (exact) mass is 337 g/mol. The molecule has 5 nitrogen and oxygen atoms in total. The first-order valence-corrected chi connectivity index (χ1v) is 6.87. The predicted molar refractivity (Wildman–Crippen MR) is 80.0 cm³/mol. The van der Waals surface area contributed by atoms with Gasteiger partial charge in [-0.3, -0.25) is 9.59 Å². The Morgan fingerprint density at radius 1 is 1.50 bits per heavy atom. The number of nitrogens with zero attached hydrogens (tertiary/aromatic N) is 2. The number of benzene rings is 1. The van der Waals surface area contributed by atoms with Gasteiger partial charge in [-0.25, -0.2) is 0 Å². The van der Waals surface area contributed by atoms with Crippen LogP contribution in [0.1, 0.15) is 18.9 Å². The van der Waals surface area contributed by atoms with Crippen molar-refractivity contribution in [3.05, 3.63) is 28.2 Å². The molecule has 1 atom stereocenters. The fourth-order valence-corrected chi connectivity index (χ4v) is 1.89. The molecule has 0 heterocycles. The molecule has 0 aromatic heterocycles. The number of carbonyl (C=O) groups excluding carboxylic acids is 2. The number of carbonyl (C=O) groups is 2. The van der Waals surface area contributed by atoms with Crippen molar-refractivity contribution < 1.29 is 9.59 Å². The summed E-state index contributed by atoms with van der Waals surface area (Å²) < 4.78 is 0.706. The summed E-state index contributed by atoms with van der Waals surface area (Å²) in [5.74, 6) is -1.38. The summed E-state index contributed by atoms with van der Waals surface area (Å²) >= 11 is 3.32. The van der Waals surface area contributed by atoms with Crippen LogP contribution in [0, 0.1) is 18.3 Å². The summed E-state index contributed by atoms with van der Waals surface area (Å²) in [4.78, 5) is 25.1. The van der Waals surface area contributed by atoms with E-state index in [-0.39, 0.29) is 12.5 Å². The van der Waals surface area contributed by atoms with Gasteiger partial charge in [0.2, 0.25) is 0 Å². The molecule has 0 saturated heterocycles. The smallest absolute Gasteiger partial charge is 0.313 e. The number of nitriles is 1. The molecule has 0 aliphatic heterocycles. The summed E-state index contributed by atoms with van der Waals surface area (Å²) in [5.41, 5.74) is 1.52. The number of hydrogen-bond donors (Lipinski definition) is 1. The van der Waals surface area contributed by atoms with E-state index in [4.69, 9.17) is 5.26 Å². The minimum Gasteiger partial charge on any atom is -0.334 e. The van der Waals surface area contributed by atoms with Gasteiger partial charge in [0.25, 0.3) is 0 Å². The van der Waals surface area contributed by atoms with Crippen molar-refractivity contribution in [2.24, 2.45) is 0 Å². The molecule has 0 saturated carbocycles. The molecule has 0 unspecified atom stereocenters. The van der Waals surface area contributed by atoms with Crippen molar-refractivity contribution in [1.29, 1.82) is 5.26 Å². The zero-order valence-corrected chi connectivity index (χ0v) is 13.2. The highest BCUT2D eigenvalue weighted by molar-refractivity contribution is 9.10. The highest BCUT2D eigenvalue weighted by Crippen LogP contribution is 2.23. The van der Waals surface area contributed by atoms with Crippen LogP contribution in [0.25, 0.3) is 0 Å². The van der Waals surface area contributed by atoms with Crippen LogP contribution in [-0.2, 0) is 9.59 Å². The molecule has 0 radical (unpaired) electrons. The predicted octanol–water partition coefficient (Wildman–Crippen LogP) is 2.46. The molecule has 1 aromatic carbocycles. The lowest BCUT2D eigenvalue weighted by Gasteiger charge is -2.22. The van der Waals surface area contributed by atoms with Crippen molar-refractivity contribution in [2.45, 2.75) is 26.3 Å². The average molecular weight is 338 g/mol. The fourth-order valence-electron chi connectivity index (χ4n) is 1.54. The molecule has 0 bridgehead atoms. The standard InChI is InChI=1S/C14H16BrN3O2/c1-9-4-5-11(15)12(8-9)17-13(19)14(20)18(3)10(2)6-7-16/h4-5,8,10H,6H2,1-3H3,(H,17,19)/t10-/m0/s1. The zero-order valence-electron chi connectivity index (χ0n) is 11.6. The van der Waals surface area contributed by atoms with E-state index in [2.05, 4.69) is 21.2 Å². The SMILES string of the molecule is Cc1ccc(Br)c(NC(=O)C(=O)N(C)[C@@H](C)CC#N)c1. The van der Waals surface area contributed by atoms with Crippen LogP contribution < -0.4 is 5.32 Å². The molecular formula is C14H16BrN3O2. The molecule has 0 aliphatic rings. The number of aryl methyl sites for hydroxylation is 1. The summed E-state index contributed by atoms with van der Waals surface area (Å²) in [6, 6.07) is 7.14. The lowest BCUT2D eigenvalue weighted by atomic mass is 10.2. The minimum absolute atomic E-state index is 0.184. The van der Waals surface area contributed by atoms with E-state index < -0.39 is 11.8 Å². The maximum absolute atomic E-state index is 11.9. The van der Waals surface area contributed by atoms with Crippen LogP contribution >= 0.6 is 15.9 Å². The first-order chi connectivity index (χ1) is 9.36. The maximum Gasteiger partial charge on any atom is 0.313 e. The van der Waals surface area contributed by atoms with E-state index in [0.29, 0.717) is 10.2 Å². The molecular weight excluding hydrogens is 322 g/mol. The lowest BCUT2D eigenvalue weighted by molar-refractivity contribution is -0.143. The van der Waals surface area contributed by atoms with E-state index in [9.17, 15) is 9.59 Å². The van der Waals surface area contributed by atoms with Crippen molar-refractivity contribution >= 4 is 33.4 Å². The Labute approximate surface area is 126 Å². The Bertz CT molecular complexity index is 566. The molecule has 0 spiro atoms. The Balaban J connectivity index is 2.78. The van der Waals surface area contributed by atoms with Gasteiger partial charge < -0.3 is 10.2 Å². The molecule has 106 valence electrons. The van der Waals surface area contributed by atoms with Crippen molar-refractivity contribution in [2.75, 3.05) is 12.4 Å². The largest absolute Gasteiger partial charge is 0.334 e. The highest BCUT2D eigenvalue weighted by Gasteiger charge is 2.23. The van der Waals surface area contributed by atoms with Crippen molar-refractivity contribution in [3.8, 4) is 6.07 Å². The van der Waals surface area contributed by atoms with Crippen LogP contribution in [0.3, 0.4) is 0 Å². The number of hydrogen-bond acceptors (Lipinski definition) is 3. The second-order valence-electron chi connectivity index (χ2n) is 4.56. The van der Waals surface area contributed by atoms with Gasteiger partial charge in [0.15, 0.2) is 0 Å². The van der Waals surface area contributed by atoms with Gasteiger partial charge in [-0.05, 0) is 47.5 Å². The lowest BCUT2D eigenvalue weighted by Crippen LogP contribution is -2.42. The summed E-state index contributed by atoms with van der Waals surface area (Å²) in [6.07, 6.45) is 0.184. The molecule has 1 aromatic rings. The Hall–Kier alpha value is -1.87. The quantitative estimate of drug-likeness (QED) is 0.861. The molecule has 0 fully saturated rings. The molecule has 1 N–H and O–H groups in total. The van der Waals surface area contributed by atoms with E-state index in [0.717, 1.165) is 5.56 Å². The van der Waals surface area contributed by atoms with Crippen molar-refractivity contribution in [1.82, 2.24) is 4.90 Å². The Morgan fingerprint density at radius 3 is 2.75 bits per heavy atom. The summed E-state index contributed by atoms with van der Waals surface area (Å²) in [6.45, 7) is 3.61. The Kier molecular flexibility index (Phi) is 5.71. The molecule has 2 amide bonds. The normalized spacial score (nSPS) is 11.3. The van der Waals surface area contributed by atoms with E-state index >= 15 is 0 Å². The summed E-state index contributed by atoms with van der Waals surface area (Å²) in [7, 11) is 1.51. The second-order valence-corrected chi connectivity index (χ2v) is 5.42. The number of rotatable bonds is 3. The van der Waals surface area contributed by atoms with Gasteiger partial charge in [-0.15, -0.1) is 0 Å². The van der Waals surface area contributed by atoms with E-state index in [1.165, 1.54) is 11.9 Å². The average Bonchev–Trinajstić information content (AvgIpc) is 2.41. The third-order valence-corrected chi connectivity index (χ3v) is 3.62. The number of likely N-dealkylation sites (N-methyl/N-ethyl adjacent to an activating group) is 1. The highest BCUT2D eigenvalue weighted by atomic mass is 79.9. The van der Waals surface area contributed by atoms with Gasteiger partial charge in [-0.1, -0.05) is 6.07 Å². The molecule has 6 heteroatoms. The van der Waals surface area contributed by atoms with Gasteiger partial charge in [0.1, 0.15) is 0 Å². The zero-order chi connectivity index (χ0) is 15.3. The van der Waals surface area contributed by atoms with Gasteiger partial charge >= 0.3 is 11.8 Å². The minimum atomic E-state index is -0.719. The van der Waals surface area contributed by atoms with Crippen LogP contribution in [-0.4, -0.2) is 29.8 Å². The maximum atomic E-state index is 11.9. The van der Waals surface area contributed by atoms with Gasteiger partial charge in [0.05, 0.1) is 18.2 Å². The third kappa shape index (κ3) is 4.07. The van der Waals surface area contributed by atoms with Crippen LogP contribution in [0.15, 0.2) is 22.7 Å². The third-order valence-electron chi connectivity index (χ3n) is 2.93. The van der Waals surface area contributed by atoms with E-state index in [1.807, 2.05) is 19.1 Å². The molecule has 0 aliphatic carbocycles. The number of halogens is 1. The molecule has 1 rings (SSSR count). The van der Waals surface area contributed by atoms with Crippen LogP contribution in [0.5, 0.6) is 0 Å². The van der Waals surface area contributed by atoms with Gasteiger partial charge in [0, 0.05) is 17.6 Å². The Morgan fingerprint density at radius 2 is 2.15 bits per heavy atom. The topological polar surface area (TPSA) is 73.2 Å². The fraction of sp³-hybridized carbons (Fsp3) is 0.357.